The van der Waals surface area contributed by atoms with Crippen molar-refractivity contribution in [3.05, 3.63) is 33.1 Å². The summed E-state index contributed by atoms with van der Waals surface area (Å²) in [5, 5.41) is 3.54. The fourth-order valence-corrected chi connectivity index (χ4v) is 2.69. The normalized spacial score (nSPS) is 18.3. The third-order valence-corrected chi connectivity index (χ3v) is 3.69. The number of rotatable bonds is 4. The summed E-state index contributed by atoms with van der Waals surface area (Å²) in [5.41, 5.74) is 9.13. The molecule has 1 aliphatic heterocycles. The summed E-state index contributed by atoms with van der Waals surface area (Å²) in [5.74, 6) is 0.856. The number of nitrogens with zero attached hydrogens (tertiary/aromatic N) is 4. The molecule has 1 aromatic rings. The summed E-state index contributed by atoms with van der Waals surface area (Å²) in [4.78, 5) is 16.4. The maximum atomic E-state index is 12.0. The summed E-state index contributed by atoms with van der Waals surface area (Å²) in [6.07, 6.45) is 0.414. The molecule has 0 aromatic heterocycles. The van der Waals surface area contributed by atoms with Crippen molar-refractivity contribution < 1.29 is 9.53 Å². The van der Waals surface area contributed by atoms with E-state index in [1.54, 1.807) is 12.0 Å². The predicted octanol–water partition coefficient (Wildman–Crippen LogP) is 3.12. The van der Waals surface area contributed by atoms with Gasteiger partial charge in [0.2, 0.25) is 5.91 Å². The Bertz CT molecular complexity index is 543. The molecule has 1 saturated heterocycles. The lowest BCUT2D eigenvalue weighted by Gasteiger charge is -2.18. The fourth-order valence-electron chi connectivity index (χ4n) is 2.12. The number of carbonyl (C=O) groups is 1. The Morgan fingerprint density at radius 3 is 3.05 bits per heavy atom. The third kappa shape index (κ3) is 3.00. The number of hydrogen-bond acceptors (Lipinski definition) is 3. The second kappa shape index (κ2) is 5.95. The fraction of sp³-hybridized carbons (Fsp3) is 0.417. The molecule has 1 aromatic carbocycles. The zero-order valence-electron chi connectivity index (χ0n) is 10.4. The van der Waals surface area contributed by atoms with E-state index in [4.69, 9.17) is 10.3 Å². The molecule has 0 radical (unpaired) electrons. The smallest absolute Gasteiger partial charge is 0.227 e. The first kappa shape index (κ1) is 13.7. The van der Waals surface area contributed by atoms with Gasteiger partial charge in [-0.05, 0) is 45.6 Å². The van der Waals surface area contributed by atoms with Crippen LogP contribution in [0.5, 0.6) is 5.75 Å². The first-order chi connectivity index (χ1) is 9.15. The highest BCUT2D eigenvalue weighted by Gasteiger charge is 2.31. The summed E-state index contributed by atoms with van der Waals surface area (Å²) in [6.45, 7) is 0.926. The van der Waals surface area contributed by atoms with Crippen LogP contribution in [0.25, 0.3) is 10.4 Å². The summed E-state index contributed by atoms with van der Waals surface area (Å²) in [7, 11) is 1.60. The molecule has 1 heterocycles. The van der Waals surface area contributed by atoms with Crippen molar-refractivity contribution in [2.24, 2.45) is 11.0 Å². The number of ether oxygens (including phenoxy) is 1. The minimum Gasteiger partial charge on any atom is -0.497 e. The Balaban J connectivity index is 2.18. The molecule has 7 heteroatoms. The lowest BCUT2D eigenvalue weighted by atomic mass is 10.1. The Hall–Kier alpha value is -1.72. The molecule has 1 amide bonds. The monoisotopic (exact) mass is 324 g/mol. The van der Waals surface area contributed by atoms with Gasteiger partial charge in [0.15, 0.2) is 0 Å². The van der Waals surface area contributed by atoms with Gasteiger partial charge in [-0.25, -0.2) is 0 Å². The molecule has 0 bridgehead atoms. The van der Waals surface area contributed by atoms with Crippen LogP contribution in [-0.4, -0.2) is 26.1 Å². The highest BCUT2D eigenvalue weighted by Crippen LogP contribution is 2.34. The zero-order chi connectivity index (χ0) is 13.8. The lowest BCUT2D eigenvalue weighted by molar-refractivity contribution is -0.117. The van der Waals surface area contributed by atoms with Crippen molar-refractivity contribution >= 4 is 27.5 Å². The molecule has 0 aliphatic carbocycles. The van der Waals surface area contributed by atoms with Crippen LogP contribution < -0.4 is 9.64 Å². The van der Waals surface area contributed by atoms with Gasteiger partial charge < -0.3 is 9.64 Å². The van der Waals surface area contributed by atoms with Crippen LogP contribution in [-0.2, 0) is 4.79 Å². The average Bonchev–Trinajstić information content (AvgIpc) is 2.77. The van der Waals surface area contributed by atoms with E-state index < -0.39 is 0 Å². The van der Waals surface area contributed by atoms with Gasteiger partial charge in [0.25, 0.3) is 0 Å². The number of azide groups is 1. The molecule has 2 rings (SSSR count). The zero-order valence-corrected chi connectivity index (χ0v) is 12.0. The maximum absolute atomic E-state index is 12.0. The predicted molar refractivity (Wildman–Crippen MR) is 75.2 cm³/mol. The van der Waals surface area contributed by atoms with E-state index in [-0.39, 0.29) is 11.8 Å². The molecule has 0 saturated carbocycles. The van der Waals surface area contributed by atoms with Crippen molar-refractivity contribution in [3.63, 3.8) is 0 Å². The average molecular weight is 325 g/mol. The number of carbonyl (C=O) groups excluding carboxylic acids is 1. The first-order valence-corrected chi connectivity index (χ1v) is 6.59. The first-order valence-electron chi connectivity index (χ1n) is 5.80. The van der Waals surface area contributed by atoms with Crippen molar-refractivity contribution in [1.82, 2.24) is 0 Å². The molecular weight excluding hydrogens is 312 g/mol. The number of hydrogen-bond donors (Lipinski definition) is 0. The maximum Gasteiger partial charge on any atom is 0.227 e. The van der Waals surface area contributed by atoms with Crippen molar-refractivity contribution in [2.75, 3.05) is 25.1 Å². The van der Waals surface area contributed by atoms with E-state index in [1.165, 1.54) is 0 Å². The highest BCUT2D eigenvalue weighted by atomic mass is 79.9. The van der Waals surface area contributed by atoms with Crippen LogP contribution in [0.1, 0.15) is 6.42 Å². The second-order valence-electron chi connectivity index (χ2n) is 4.31. The molecule has 1 aliphatic rings. The Morgan fingerprint density at radius 2 is 2.42 bits per heavy atom. The highest BCUT2D eigenvalue weighted by molar-refractivity contribution is 9.10. The SMILES string of the molecule is COc1ccc(N2CC(CN=[N+]=[N-])CC2=O)c(Br)c1. The number of amides is 1. The third-order valence-electron chi connectivity index (χ3n) is 3.05. The van der Waals surface area contributed by atoms with Gasteiger partial charge in [0.05, 0.1) is 12.8 Å². The van der Waals surface area contributed by atoms with Gasteiger partial charge in [0.1, 0.15) is 5.75 Å². The van der Waals surface area contributed by atoms with Gasteiger partial charge in [-0.3, -0.25) is 4.79 Å². The molecule has 19 heavy (non-hydrogen) atoms. The van der Waals surface area contributed by atoms with Crippen LogP contribution in [0.3, 0.4) is 0 Å². The molecule has 1 atom stereocenters. The van der Waals surface area contributed by atoms with Crippen LogP contribution in [0.2, 0.25) is 0 Å². The number of methoxy groups -OCH3 is 1. The van der Waals surface area contributed by atoms with E-state index in [2.05, 4.69) is 26.0 Å². The van der Waals surface area contributed by atoms with Crippen LogP contribution in [0.4, 0.5) is 5.69 Å². The van der Waals surface area contributed by atoms with E-state index in [0.29, 0.717) is 19.5 Å². The topological polar surface area (TPSA) is 78.3 Å². The number of halogens is 1. The molecule has 0 N–H and O–H groups in total. The standard InChI is InChI=1S/C12H13BrN4O2/c1-19-9-2-3-11(10(13)5-9)17-7-8(4-12(17)18)6-15-16-14/h2-3,5,8H,4,6-7H2,1H3. The van der Waals surface area contributed by atoms with Crippen molar-refractivity contribution in [1.29, 1.82) is 0 Å². The van der Waals surface area contributed by atoms with Crippen LogP contribution in [0, 0.1) is 5.92 Å². The lowest BCUT2D eigenvalue weighted by Crippen LogP contribution is -2.25. The number of anilines is 1. The van der Waals surface area contributed by atoms with Crippen molar-refractivity contribution in [3.8, 4) is 5.75 Å². The van der Waals surface area contributed by atoms with Crippen LogP contribution in [0.15, 0.2) is 27.8 Å². The molecule has 100 valence electrons. The Labute approximate surface area is 119 Å². The van der Waals surface area contributed by atoms with E-state index >= 15 is 0 Å². The molecule has 6 nitrogen and oxygen atoms in total. The van der Waals surface area contributed by atoms with E-state index in [0.717, 1.165) is 15.9 Å². The second-order valence-corrected chi connectivity index (χ2v) is 5.16. The summed E-state index contributed by atoms with van der Waals surface area (Å²) < 4.78 is 5.93. The molecule has 0 spiro atoms. The Kier molecular flexibility index (Phi) is 4.29. The molecule has 1 fully saturated rings. The van der Waals surface area contributed by atoms with E-state index in [1.807, 2.05) is 18.2 Å². The van der Waals surface area contributed by atoms with Gasteiger partial charge in [0, 0.05) is 28.9 Å². The minimum atomic E-state index is 0.0454. The molecular formula is C12H13BrN4O2. The van der Waals surface area contributed by atoms with Crippen LogP contribution >= 0.6 is 15.9 Å². The Morgan fingerprint density at radius 1 is 1.63 bits per heavy atom. The van der Waals surface area contributed by atoms with E-state index in [9.17, 15) is 4.79 Å². The quantitative estimate of drug-likeness (QED) is 0.484. The number of benzene rings is 1. The van der Waals surface area contributed by atoms with Gasteiger partial charge in [-0.15, -0.1) is 0 Å². The van der Waals surface area contributed by atoms with Crippen molar-refractivity contribution in [2.45, 2.75) is 6.42 Å². The van der Waals surface area contributed by atoms with Gasteiger partial charge >= 0.3 is 0 Å². The molecule has 1 unspecified atom stereocenters. The minimum absolute atomic E-state index is 0.0454. The summed E-state index contributed by atoms with van der Waals surface area (Å²) in [6, 6.07) is 5.48. The largest absolute Gasteiger partial charge is 0.497 e. The van der Waals surface area contributed by atoms with Gasteiger partial charge in [-0.1, -0.05) is 5.11 Å². The van der Waals surface area contributed by atoms with Gasteiger partial charge in [-0.2, -0.15) is 0 Å². The summed E-state index contributed by atoms with van der Waals surface area (Å²) >= 11 is 3.44.